The zero-order valence-corrected chi connectivity index (χ0v) is 18.6. The van der Waals surface area contributed by atoms with Gasteiger partial charge in [0.05, 0.1) is 0 Å². The average molecular weight is 324 g/mol. The van der Waals surface area contributed by atoms with Gasteiger partial charge in [-0.15, -0.1) is 0 Å². The molecule has 0 radical (unpaired) electrons. The second-order valence-corrected chi connectivity index (χ2v) is 3.37. The fourth-order valence-corrected chi connectivity index (χ4v) is 0. The summed E-state index contributed by atoms with van der Waals surface area (Å²) >= 11 is -11.5. The van der Waals surface area contributed by atoms with Gasteiger partial charge < -0.3 is 0 Å². The van der Waals surface area contributed by atoms with E-state index in [-0.39, 0.29) is 118 Å². The summed E-state index contributed by atoms with van der Waals surface area (Å²) in [6.45, 7) is 0. The van der Waals surface area contributed by atoms with E-state index in [0.717, 1.165) is 0 Å². The number of rotatable bonds is 0. The molecule has 0 saturated carbocycles. The Morgan fingerprint density at radius 2 is 0.500 bits per heavy atom. The van der Waals surface area contributed by atoms with Crippen LogP contribution in [-0.4, -0.2) is 0 Å². The van der Waals surface area contributed by atoms with Gasteiger partial charge in [0.15, 0.2) is 0 Å². The molecule has 0 aromatic carbocycles. The Morgan fingerprint density at radius 3 is 0.500 bits per heavy atom. The second kappa shape index (κ2) is 17.1. The summed E-state index contributed by atoms with van der Waals surface area (Å²) in [5, 5.41) is 0. The van der Waals surface area contributed by atoms with Crippen LogP contribution in [0.1, 0.15) is 0 Å². The van der Waals surface area contributed by atoms with Crippen LogP contribution in [0.2, 0.25) is 0 Å². The minimum atomic E-state index is -5.75. The fourth-order valence-electron chi connectivity index (χ4n) is 0. The van der Waals surface area contributed by atoms with E-state index in [1.807, 2.05) is 0 Å². The monoisotopic (exact) mass is 324 g/mol. The van der Waals surface area contributed by atoms with Crippen molar-refractivity contribution in [2.24, 2.45) is 0 Å². The molecule has 0 aliphatic heterocycles. The molecule has 0 aromatic rings. The summed E-state index contributed by atoms with van der Waals surface area (Å²) in [7, 11) is 0. The molecule has 8 nitrogen and oxygen atoms in total. The van der Waals surface area contributed by atoms with Crippen LogP contribution in [-0.2, 0) is 42.4 Å². The van der Waals surface area contributed by atoms with Crippen molar-refractivity contribution in [3.8, 4) is 0 Å². The van der Waals surface area contributed by atoms with Crippen molar-refractivity contribution in [2.75, 3.05) is 0 Å². The van der Waals surface area contributed by atoms with Crippen molar-refractivity contribution in [2.45, 2.75) is 0 Å². The Labute approximate surface area is 173 Å². The van der Waals surface area contributed by atoms with Gasteiger partial charge in [0.25, 0.3) is 0 Å². The fraction of sp³-hybridized carbons (Fsp3) is 0. The molecule has 0 aliphatic carbocycles. The van der Waals surface area contributed by atoms with E-state index in [4.69, 9.17) is 31.8 Å². The van der Waals surface area contributed by atoms with E-state index in [2.05, 4.69) is 0 Å². The summed E-state index contributed by atoms with van der Waals surface area (Å²) in [6, 6.07) is 0. The molecule has 0 N–H and O–H groups in total. The van der Waals surface area contributed by atoms with E-state index in [0.29, 0.717) is 0 Å². The summed E-state index contributed by atoms with van der Waals surface area (Å²) < 4.78 is 68.8. The molecular formula is Cr2Na4O8. The van der Waals surface area contributed by atoms with Crippen molar-refractivity contribution in [3.05, 3.63) is 0 Å². The van der Waals surface area contributed by atoms with Crippen molar-refractivity contribution >= 4 is 0 Å². The van der Waals surface area contributed by atoms with E-state index < -0.39 is 27.2 Å². The Hall–Kier alpha value is 4.10. The molecule has 0 aliphatic rings. The Bertz CT molecular complexity index is 216. The Kier molecular flexibility index (Phi) is 44.2. The van der Waals surface area contributed by atoms with Crippen LogP contribution in [0.5, 0.6) is 0 Å². The third-order valence-corrected chi connectivity index (χ3v) is 0. The van der Waals surface area contributed by atoms with E-state index in [1.54, 1.807) is 0 Å². The van der Waals surface area contributed by atoms with Crippen LogP contribution in [0.25, 0.3) is 0 Å². The summed E-state index contributed by atoms with van der Waals surface area (Å²) in [6.07, 6.45) is 0. The van der Waals surface area contributed by atoms with Crippen LogP contribution >= 0.6 is 0 Å². The second-order valence-electron chi connectivity index (χ2n) is 0.816. The van der Waals surface area contributed by atoms with E-state index in [9.17, 15) is 0 Å². The molecule has 0 spiro atoms. The molecule has 0 amide bonds. The number of hydrogen-bond acceptors (Lipinski definition) is 8. The van der Waals surface area contributed by atoms with Crippen molar-refractivity contribution in [3.63, 3.8) is 0 Å². The van der Waals surface area contributed by atoms with E-state index >= 15 is 0 Å². The number of hydrogen-bond donors (Lipinski definition) is 0. The normalized spacial score (nSPS) is 8.29. The molecule has 0 bridgehead atoms. The molecule has 0 atom stereocenters. The first-order chi connectivity index (χ1) is 4.00. The molecule has 0 aromatic heterocycles. The maximum atomic E-state index is 8.59. The van der Waals surface area contributed by atoms with Gasteiger partial charge in [-0.2, -0.15) is 0 Å². The van der Waals surface area contributed by atoms with Crippen molar-refractivity contribution in [1.82, 2.24) is 0 Å². The van der Waals surface area contributed by atoms with Gasteiger partial charge in [-0.25, -0.2) is 0 Å². The SMILES string of the molecule is [Na+].[Na+].[Na+].[Na+].[O]=[Cr](=[O])([O-])[O-].[O]=[Cr](=[O])([O-])[O-]. The van der Waals surface area contributed by atoms with Crippen LogP contribution in [0.4, 0.5) is 0 Å². The maximum absolute atomic E-state index is 8.59. The van der Waals surface area contributed by atoms with Crippen LogP contribution < -0.4 is 135 Å². The zero-order chi connectivity index (χ0) is 9.00. The van der Waals surface area contributed by atoms with Crippen LogP contribution in [0, 0.1) is 0 Å². The Morgan fingerprint density at radius 1 is 0.500 bits per heavy atom. The molecule has 0 saturated heterocycles. The third-order valence-electron chi connectivity index (χ3n) is 0. The quantitative estimate of drug-likeness (QED) is 0.397. The zero-order valence-electron chi connectivity index (χ0n) is 8.08. The molecule has 0 unspecified atom stereocenters. The van der Waals surface area contributed by atoms with Gasteiger partial charge in [-0.3, -0.25) is 0 Å². The predicted molar refractivity (Wildman–Crippen MR) is 2.75 cm³/mol. The van der Waals surface area contributed by atoms with Gasteiger partial charge in [0.1, 0.15) is 0 Å². The van der Waals surface area contributed by atoms with Crippen LogP contribution in [0.3, 0.4) is 0 Å². The van der Waals surface area contributed by atoms with E-state index in [1.165, 1.54) is 0 Å². The summed E-state index contributed by atoms with van der Waals surface area (Å²) in [5.74, 6) is 0. The average Bonchev–Trinajstić information content (AvgIpc) is 1.12. The van der Waals surface area contributed by atoms with Gasteiger partial charge in [-0.1, -0.05) is 0 Å². The van der Waals surface area contributed by atoms with Crippen molar-refractivity contribution < 1.29 is 177 Å². The topological polar surface area (TPSA) is 161 Å². The van der Waals surface area contributed by atoms with Gasteiger partial charge in [0.2, 0.25) is 0 Å². The molecule has 0 heterocycles. The molecule has 0 fully saturated rings. The molecule has 14 heavy (non-hydrogen) atoms. The first-order valence-corrected chi connectivity index (χ1v) is 5.50. The minimum absolute atomic E-state index is 0. The van der Waals surface area contributed by atoms with Gasteiger partial charge >= 0.3 is 177 Å². The summed E-state index contributed by atoms with van der Waals surface area (Å²) in [5.41, 5.74) is 0. The van der Waals surface area contributed by atoms with Crippen LogP contribution in [0.15, 0.2) is 0 Å². The molecule has 64 valence electrons. The van der Waals surface area contributed by atoms with Gasteiger partial charge in [-0.05, 0) is 0 Å². The molecular weight excluding hydrogens is 324 g/mol. The van der Waals surface area contributed by atoms with Gasteiger partial charge in [0, 0.05) is 0 Å². The van der Waals surface area contributed by atoms with Crippen molar-refractivity contribution in [1.29, 1.82) is 0 Å². The standard InChI is InChI=1S/2Cr.4Na.8O/q;;4*+1;;;;;4*-1. The molecule has 0 rings (SSSR count). The molecule has 14 heteroatoms. The predicted octanol–water partition coefficient (Wildman–Crippen LogP) is -17.2. The first-order valence-electron chi connectivity index (χ1n) is 1.33. The summed E-state index contributed by atoms with van der Waals surface area (Å²) in [4.78, 5) is 0. The third kappa shape index (κ3) is 218. The first kappa shape index (κ1) is 36.2. The Balaban J connectivity index is -0.0000000178.